The lowest BCUT2D eigenvalue weighted by atomic mass is 9.96. The Bertz CT molecular complexity index is 754. The highest BCUT2D eigenvalue weighted by molar-refractivity contribution is 6.31. The number of hydrogen-bond donors (Lipinski definition) is 1. The molecular formula is C17H15ClO2. The van der Waals surface area contributed by atoms with Crippen molar-refractivity contribution < 1.29 is 9.52 Å². The number of furan rings is 1. The second-order valence-electron chi connectivity index (χ2n) is 5.04. The van der Waals surface area contributed by atoms with Crippen LogP contribution in [0.3, 0.4) is 0 Å². The van der Waals surface area contributed by atoms with Crippen LogP contribution in [0.5, 0.6) is 0 Å². The molecule has 2 aromatic carbocycles. The van der Waals surface area contributed by atoms with E-state index in [9.17, 15) is 5.11 Å². The minimum atomic E-state index is -0.762. The van der Waals surface area contributed by atoms with Gasteiger partial charge in [0.2, 0.25) is 0 Å². The number of aliphatic hydroxyl groups is 1. The molecule has 0 amide bonds. The Hall–Kier alpha value is -1.77. The number of fused-ring (bicyclic) bond motifs is 1. The molecule has 0 spiro atoms. The molecule has 0 bridgehead atoms. The van der Waals surface area contributed by atoms with Crippen molar-refractivity contribution in [1.82, 2.24) is 0 Å². The van der Waals surface area contributed by atoms with Gasteiger partial charge in [-0.05, 0) is 54.8 Å². The lowest BCUT2D eigenvalue weighted by molar-refractivity contribution is 0.191. The average molecular weight is 287 g/mol. The topological polar surface area (TPSA) is 33.4 Å². The molecule has 3 heteroatoms. The molecule has 20 heavy (non-hydrogen) atoms. The van der Waals surface area contributed by atoms with Crippen LogP contribution < -0.4 is 0 Å². The van der Waals surface area contributed by atoms with Gasteiger partial charge in [-0.25, -0.2) is 0 Å². The summed E-state index contributed by atoms with van der Waals surface area (Å²) in [5.41, 5.74) is 3.74. The largest absolute Gasteiger partial charge is 0.458 e. The van der Waals surface area contributed by atoms with Crippen LogP contribution in [0.15, 0.2) is 46.9 Å². The van der Waals surface area contributed by atoms with E-state index in [0.29, 0.717) is 10.8 Å². The first-order valence-corrected chi connectivity index (χ1v) is 6.87. The number of hydrogen-bond acceptors (Lipinski definition) is 2. The smallest absolute Gasteiger partial charge is 0.138 e. The maximum absolute atomic E-state index is 10.6. The predicted octanol–water partition coefficient (Wildman–Crippen LogP) is 4.78. The third kappa shape index (κ3) is 2.21. The van der Waals surface area contributed by atoms with Gasteiger partial charge in [-0.3, -0.25) is 0 Å². The van der Waals surface area contributed by atoms with Crippen LogP contribution in [-0.2, 0) is 0 Å². The number of rotatable bonds is 2. The van der Waals surface area contributed by atoms with Gasteiger partial charge in [0.1, 0.15) is 17.4 Å². The van der Waals surface area contributed by atoms with Gasteiger partial charge in [-0.2, -0.15) is 0 Å². The zero-order valence-electron chi connectivity index (χ0n) is 11.4. The van der Waals surface area contributed by atoms with Gasteiger partial charge in [-0.15, -0.1) is 0 Å². The molecule has 0 saturated heterocycles. The van der Waals surface area contributed by atoms with E-state index in [-0.39, 0.29) is 0 Å². The molecule has 0 aliphatic rings. The van der Waals surface area contributed by atoms with Gasteiger partial charge >= 0.3 is 0 Å². The fraction of sp³-hybridized carbons (Fsp3) is 0.176. The third-order valence-corrected chi connectivity index (χ3v) is 3.82. The molecule has 0 saturated carbocycles. The van der Waals surface area contributed by atoms with Crippen LogP contribution >= 0.6 is 11.6 Å². The molecule has 1 aromatic heterocycles. The Morgan fingerprint density at radius 3 is 2.45 bits per heavy atom. The molecule has 1 heterocycles. The van der Waals surface area contributed by atoms with E-state index in [1.165, 1.54) is 0 Å². The van der Waals surface area contributed by atoms with Crippen LogP contribution in [-0.4, -0.2) is 5.11 Å². The number of benzene rings is 2. The predicted molar refractivity (Wildman–Crippen MR) is 81.2 cm³/mol. The van der Waals surface area contributed by atoms with Crippen molar-refractivity contribution in [3.8, 4) is 0 Å². The highest BCUT2D eigenvalue weighted by Gasteiger charge is 2.19. The van der Waals surface area contributed by atoms with Gasteiger partial charge in [0.25, 0.3) is 0 Å². The Labute approximate surface area is 122 Å². The van der Waals surface area contributed by atoms with Gasteiger partial charge in [-0.1, -0.05) is 29.8 Å². The summed E-state index contributed by atoms with van der Waals surface area (Å²) in [6.45, 7) is 3.98. The summed E-state index contributed by atoms with van der Waals surface area (Å²) in [6.07, 6.45) is -0.762. The van der Waals surface area contributed by atoms with Gasteiger partial charge in [0, 0.05) is 10.4 Å². The van der Waals surface area contributed by atoms with Crippen LogP contribution in [0, 0.1) is 13.8 Å². The lowest BCUT2D eigenvalue weighted by Gasteiger charge is -2.14. The molecule has 3 rings (SSSR count). The molecule has 0 aliphatic heterocycles. The molecule has 0 radical (unpaired) electrons. The minimum Gasteiger partial charge on any atom is -0.458 e. The fourth-order valence-electron chi connectivity index (χ4n) is 2.57. The summed E-state index contributed by atoms with van der Waals surface area (Å²) in [4.78, 5) is 0. The van der Waals surface area contributed by atoms with E-state index in [2.05, 4.69) is 0 Å². The summed E-state index contributed by atoms with van der Waals surface area (Å²) in [5.74, 6) is 0.541. The van der Waals surface area contributed by atoms with Gasteiger partial charge < -0.3 is 9.52 Å². The maximum atomic E-state index is 10.6. The highest BCUT2D eigenvalue weighted by Crippen LogP contribution is 2.32. The van der Waals surface area contributed by atoms with Crippen LogP contribution in [0.1, 0.15) is 28.6 Å². The highest BCUT2D eigenvalue weighted by atomic mass is 35.5. The SMILES string of the molecule is Cc1cccc(C)c1C(O)c1cc2cc(Cl)ccc2o1. The Morgan fingerprint density at radius 1 is 1.05 bits per heavy atom. The number of halogens is 1. The maximum Gasteiger partial charge on any atom is 0.138 e. The van der Waals surface area contributed by atoms with Crippen molar-refractivity contribution in [2.24, 2.45) is 0 Å². The first kappa shape index (κ1) is 13.2. The Balaban J connectivity index is 2.10. The Morgan fingerprint density at radius 2 is 1.75 bits per heavy atom. The van der Waals surface area contributed by atoms with Crippen LogP contribution in [0.4, 0.5) is 0 Å². The monoisotopic (exact) mass is 286 g/mol. The van der Waals surface area contributed by atoms with Crippen molar-refractivity contribution in [3.63, 3.8) is 0 Å². The molecule has 3 aromatic rings. The van der Waals surface area contributed by atoms with Crippen molar-refractivity contribution in [1.29, 1.82) is 0 Å². The lowest BCUT2D eigenvalue weighted by Crippen LogP contribution is -2.03. The molecular weight excluding hydrogens is 272 g/mol. The molecule has 0 fully saturated rings. The van der Waals surface area contributed by atoms with E-state index in [0.717, 1.165) is 27.7 Å². The molecule has 1 N–H and O–H groups in total. The fourth-order valence-corrected chi connectivity index (χ4v) is 2.75. The van der Waals surface area contributed by atoms with Crippen LogP contribution in [0.2, 0.25) is 5.02 Å². The van der Waals surface area contributed by atoms with E-state index in [1.807, 2.05) is 50.2 Å². The Kier molecular flexibility index (Phi) is 3.28. The summed E-state index contributed by atoms with van der Waals surface area (Å²) >= 11 is 5.97. The zero-order valence-corrected chi connectivity index (χ0v) is 12.1. The molecule has 1 atom stereocenters. The van der Waals surface area contributed by atoms with Crippen molar-refractivity contribution in [2.75, 3.05) is 0 Å². The van der Waals surface area contributed by atoms with E-state index in [1.54, 1.807) is 6.07 Å². The molecule has 2 nitrogen and oxygen atoms in total. The van der Waals surface area contributed by atoms with Crippen molar-refractivity contribution in [2.45, 2.75) is 20.0 Å². The van der Waals surface area contributed by atoms with E-state index >= 15 is 0 Å². The first-order valence-electron chi connectivity index (χ1n) is 6.49. The summed E-state index contributed by atoms with van der Waals surface area (Å²) in [5, 5.41) is 12.2. The summed E-state index contributed by atoms with van der Waals surface area (Å²) in [6, 6.07) is 13.2. The van der Waals surface area contributed by atoms with Crippen molar-refractivity contribution in [3.05, 3.63) is 69.9 Å². The van der Waals surface area contributed by atoms with Crippen molar-refractivity contribution >= 4 is 22.6 Å². The van der Waals surface area contributed by atoms with Crippen LogP contribution in [0.25, 0.3) is 11.0 Å². The summed E-state index contributed by atoms with van der Waals surface area (Å²) in [7, 11) is 0. The second-order valence-corrected chi connectivity index (χ2v) is 5.48. The number of aliphatic hydroxyl groups excluding tert-OH is 1. The third-order valence-electron chi connectivity index (χ3n) is 3.58. The second kappa shape index (κ2) is 4.97. The first-order chi connectivity index (χ1) is 9.56. The number of aryl methyl sites for hydroxylation is 2. The van der Waals surface area contributed by atoms with E-state index < -0.39 is 6.10 Å². The summed E-state index contributed by atoms with van der Waals surface area (Å²) < 4.78 is 5.74. The molecule has 0 aliphatic carbocycles. The molecule has 102 valence electrons. The standard InChI is InChI=1S/C17H15ClO2/c1-10-4-3-5-11(2)16(10)17(19)15-9-12-8-13(18)6-7-14(12)20-15/h3-9,17,19H,1-2H3. The normalized spacial score (nSPS) is 12.8. The minimum absolute atomic E-state index is 0.541. The average Bonchev–Trinajstić information content (AvgIpc) is 2.81. The molecule has 1 unspecified atom stereocenters. The zero-order chi connectivity index (χ0) is 14.3. The quantitative estimate of drug-likeness (QED) is 0.735. The van der Waals surface area contributed by atoms with Gasteiger partial charge in [0.15, 0.2) is 0 Å². The van der Waals surface area contributed by atoms with E-state index in [4.69, 9.17) is 16.0 Å². The van der Waals surface area contributed by atoms with Gasteiger partial charge in [0.05, 0.1) is 0 Å².